The maximum Gasteiger partial charge on any atom is 0.435 e. The van der Waals surface area contributed by atoms with Crippen molar-refractivity contribution in [2.24, 2.45) is 0 Å². The predicted molar refractivity (Wildman–Crippen MR) is 79.4 cm³/mol. The van der Waals surface area contributed by atoms with E-state index in [0.717, 1.165) is 24.7 Å². The van der Waals surface area contributed by atoms with Crippen molar-refractivity contribution in [3.05, 3.63) is 47.7 Å². The number of anilines is 1. The molecular weight excluding hydrogens is 307 g/mol. The fraction of sp³-hybridized carbons (Fsp3) is 0.375. The minimum Gasteiger partial charge on any atom is -0.497 e. The molecule has 3 rings (SSSR count). The Bertz CT molecular complexity index is 664. The summed E-state index contributed by atoms with van der Waals surface area (Å²) in [5.41, 5.74) is 0.210. The highest BCUT2D eigenvalue weighted by molar-refractivity contribution is 5.41. The highest BCUT2D eigenvalue weighted by Crippen LogP contribution is 2.48. The lowest BCUT2D eigenvalue weighted by Gasteiger charge is -2.17. The van der Waals surface area contributed by atoms with E-state index in [-0.39, 0.29) is 5.41 Å². The highest BCUT2D eigenvalue weighted by Gasteiger charge is 2.44. The van der Waals surface area contributed by atoms with Crippen LogP contribution in [-0.2, 0) is 11.6 Å². The van der Waals surface area contributed by atoms with Gasteiger partial charge in [-0.1, -0.05) is 12.1 Å². The Hall–Kier alpha value is -2.31. The second kappa shape index (κ2) is 5.72. The van der Waals surface area contributed by atoms with Gasteiger partial charge in [0.2, 0.25) is 0 Å². The van der Waals surface area contributed by atoms with Gasteiger partial charge in [-0.3, -0.25) is 0 Å². The van der Waals surface area contributed by atoms with Crippen LogP contribution in [0.3, 0.4) is 0 Å². The van der Waals surface area contributed by atoms with Gasteiger partial charge in [0, 0.05) is 12.0 Å². The van der Waals surface area contributed by atoms with Crippen molar-refractivity contribution in [1.29, 1.82) is 0 Å². The van der Waals surface area contributed by atoms with E-state index < -0.39 is 11.9 Å². The first-order chi connectivity index (χ1) is 10.9. The molecule has 4 nitrogen and oxygen atoms in total. The Morgan fingerprint density at radius 1 is 1.09 bits per heavy atom. The van der Waals surface area contributed by atoms with E-state index in [0.29, 0.717) is 12.4 Å². The number of hydrogen-bond acceptors (Lipinski definition) is 4. The molecule has 1 fully saturated rings. The fourth-order valence-electron chi connectivity index (χ4n) is 2.50. The second-order valence-corrected chi connectivity index (χ2v) is 5.66. The minimum absolute atomic E-state index is 0.0106. The van der Waals surface area contributed by atoms with Crippen LogP contribution in [0.1, 0.15) is 24.1 Å². The third kappa shape index (κ3) is 3.38. The first-order valence-corrected chi connectivity index (χ1v) is 7.22. The zero-order chi connectivity index (χ0) is 16.5. The average Bonchev–Trinajstić information content (AvgIpc) is 3.34. The summed E-state index contributed by atoms with van der Waals surface area (Å²) in [6.07, 6.45) is -2.41. The summed E-state index contributed by atoms with van der Waals surface area (Å²) in [5.74, 6) is 1.14. The van der Waals surface area contributed by atoms with Crippen LogP contribution in [0.4, 0.5) is 19.0 Å². The van der Waals surface area contributed by atoms with Crippen molar-refractivity contribution in [3.8, 4) is 5.75 Å². The summed E-state index contributed by atoms with van der Waals surface area (Å²) in [4.78, 5) is 0. The molecule has 1 N–H and O–H groups in total. The van der Waals surface area contributed by atoms with Gasteiger partial charge < -0.3 is 10.1 Å². The first kappa shape index (κ1) is 15.6. The maximum absolute atomic E-state index is 12.5. The molecule has 2 aromatic rings. The van der Waals surface area contributed by atoms with Gasteiger partial charge in [-0.25, -0.2) is 0 Å². The number of nitrogens with one attached hydrogen (secondary N) is 1. The molecule has 0 aliphatic heterocycles. The maximum atomic E-state index is 12.5. The SMILES string of the molecule is COc1ccc(C2(CNc3ccc(C(F)(F)F)nn3)CC2)cc1. The Morgan fingerprint density at radius 2 is 1.78 bits per heavy atom. The molecule has 7 heteroatoms. The molecule has 23 heavy (non-hydrogen) atoms. The molecule has 0 spiro atoms. The Labute approximate surface area is 131 Å². The summed E-state index contributed by atoms with van der Waals surface area (Å²) < 4.78 is 42.5. The number of alkyl halides is 3. The molecule has 0 amide bonds. The largest absolute Gasteiger partial charge is 0.497 e. The summed E-state index contributed by atoms with van der Waals surface area (Å²) >= 11 is 0. The summed E-state index contributed by atoms with van der Waals surface area (Å²) in [6, 6.07) is 10.1. The number of methoxy groups -OCH3 is 1. The molecule has 0 bridgehead atoms. The van der Waals surface area contributed by atoms with E-state index in [2.05, 4.69) is 15.5 Å². The molecule has 1 aliphatic rings. The lowest BCUT2D eigenvalue weighted by molar-refractivity contribution is -0.141. The summed E-state index contributed by atoms with van der Waals surface area (Å²) in [6.45, 7) is 0.610. The molecule has 0 saturated heterocycles. The van der Waals surface area contributed by atoms with Gasteiger partial charge in [0.05, 0.1) is 7.11 Å². The van der Waals surface area contributed by atoms with E-state index in [1.165, 1.54) is 11.6 Å². The Kier molecular flexibility index (Phi) is 3.87. The topological polar surface area (TPSA) is 47.0 Å². The quantitative estimate of drug-likeness (QED) is 0.912. The van der Waals surface area contributed by atoms with Gasteiger partial charge in [0.25, 0.3) is 0 Å². The number of hydrogen-bond donors (Lipinski definition) is 1. The zero-order valence-corrected chi connectivity index (χ0v) is 12.5. The minimum atomic E-state index is -4.47. The zero-order valence-electron chi connectivity index (χ0n) is 12.5. The van der Waals surface area contributed by atoms with Crippen LogP contribution in [0.25, 0.3) is 0 Å². The smallest absolute Gasteiger partial charge is 0.435 e. The molecule has 1 aromatic carbocycles. The van der Waals surface area contributed by atoms with Crippen molar-refractivity contribution in [1.82, 2.24) is 10.2 Å². The molecule has 0 unspecified atom stereocenters. The van der Waals surface area contributed by atoms with Crippen LogP contribution in [0, 0.1) is 0 Å². The number of nitrogens with zero attached hydrogens (tertiary/aromatic N) is 2. The van der Waals surface area contributed by atoms with E-state index in [1.54, 1.807) is 7.11 Å². The number of halogens is 3. The molecule has 122 valence electrons. The normalized spacial score (nSPS) is 16.0. The van der Waals surface area contributed by atoms with Crippen LogP contribution in [0.5, 0.6) is 5.75 Å². The molecular formula is C16H16F3N3O. The van der Waals surface area contributed by atoms with Gasteiger partial charge in [0.15, 0.2) is 5.69 Å². The van der Waals surface area contributed by atoms with Crippen LogP contribution in [0.2, 0.25) is 0 Å². The van der Waals surface area contributed by atoms with Crippen molar-refractivity contribution in [2.45, 2.75) is 24.4 Å². The van der Waals surface area contributed by atoms with Crippen LogP contribution >= 0.6 is 0 Å². The molecule has 1 aromatic heterocycles. The number of ether oxygens (including phenoxy) is 1. The third-order valence-corrected chi connectivity index (χ3v) is 4.12. The molecule has 1 aliphatic carbocycles. The van der Waals surface area contributed by atoms with E-state index in [4.69, 9.17) is 4.74 Å². The Balaban J connectivity index is 1.65. The Morgan fingerprint density at radius 3 is 2.26 bits per heavy atom. The van der Waals surface area contributed by atoms with E-state index in [9.17, 15) is 13.2 Å². The van der Waals surface area contributed by atoms with Gasteiger partial charge in [-0.2, -0.15) is 13.2 Å². The van der Waals surface area contributed by atoms with Crippen molar-refractivity contribution in [2.75, 3.05) is 19.0 Å². The first-order valence-electron chi connectivity index (χ1n) is 7.22. The van der Waals surface area contributed by atoms with Crippen LogP contribution in [0.15, 0.2) is 36.4 Å². The van der Waals surface area contributed by atoms with E-state index in [1.807, 2.05) is 24.3 Å². The number of benzene rings is 1. The fourth-order valence-corrected chi connectivity index (χ4v) is 2.50. The van der Waals surface area contributed by atoms with Crippen molar-refractivity contribution < 1.29 is 17.9 Å². The molecule has 0 radical (unpaired) electrons. The highest BCUT2D eigenvalue weighted by atomic mass is 19.4. The summed E-state index contributed by atoms with van der Waals surface area (Å²) in [5, 5.41) is 9.89. The van der Waals surface area contributed by atoms with Crippen molar-refractivity contribution in [3.63, 3.8) is 0 Å². The van der Waals surface area contributed by atoms with Gasteiger partial charge in [-0.05, 0) is 42.7 Å². The third-order valence-electron chi connectivity index (χ3n) is 4.12. The number of aromatic nitrogens is 2. The second-order valence-electron chi connectivity index (χ2n) is 5.66. The van der Waals surface area contributed by atoms with Gasteiger partial charge in [-0.15, -0.1) is 10.2 Å². The average molecular weight is 323 g/mol. The summed E-state index contributed by atoms with van der Waals surface area (Å²) in [7, 11) is 1.62. The standard InChI is InChI=1S/C16H16F3N3O/c1-23-12-4-2-11(3-5-12)15(8-9-15)10-20-14-7-6-13(21-22-14)16(17,18)19/h2-7H,8-10H2,1H3,(H,20,22). The lowest BCUT2D eigenvalue weighted by atomic mass is 9.96. The van der Waals surface area contributed by atoms with Gasteiger partial charge in [0.1, 0.15) is 11.6 Å². The van der Waals surface area contributed by atoms with E-state index >= 15 is 0 Å². The lowest BCUT2D eigenvalue weighted by Crippen LogP contribution is -2.20. The predicted octanol–water partition coefficient (Wildman–Crippen LogP) is 3.65. The van der Waals surface area contributed by atoms with Crippen molar-refractivity contribution >= 4 is 5.82 Å². The number of rotatable bonds is 5. The van der Waals surface area contributed by atoms with Gasteiger partial charge >= 0.3 is 6.18 Å². The molecule has 1 heterocycles. The van der Waals surface area contributed by atoms with Crippen LogP contribution < -0.4 is 10.1 Å². The van der Waals surface area contributed by atoms with Crippen LogP contribution in [-0.4, -0.2) is 23.9 Å². The molecule has 0 atom stereocenters. The monoisotopic (exact) mass is 323 g/mol. The molecule has 1 saturated carbocycles.